The largest absolute Gasteiger partial charge is 0.469 e. The molecule has 0 aromatic carbocycles. The van der Waals surface area contributed by atoms with E-state index in [0.29, 0.717) is 12.0 Å². The van der Waals surface area contributed by atoms with Crippen LogP contribution in [0.3, 0.4) is 0 Å². The molecule has 0 bridgehead atoms. The van der Waals surface area contributed by atoms with Crippen LogP contribution in [0, 0.1) is 5.92 Å². The van der Waals surface area contributed by atoms with Gasteiger partial charge < -0.3 is 9.84 Å². The number of carbonyl (C=O) groups is 1. The van der Waals surface area contributed by atoms with E-state index in [1.54, 1.807) is 24.1 Å². The van der Waals surface area contributed by atoms with Crippen molar-refractivity contribution in [2.75, 3.05) is 7.11 Å². The standard InChI is InChI=1S/C10H16N2O3/c1-4-8(10(14)15-3)9(13)7-5-11-12(2)6-7/h5-6,8-9,13H,4H2,1-3H3. The smallest absolute Gasteiger partial charge is 0.311 e. The molecule has 0 fully saturated rings. The van der Waals surface area contributed by atoms with Crippen molar-refractivity contribution < 1.29 is 14.6 Å². The number of aromatic nitrogens is 2. The lowest BCUT2D eigenvalue weighted by Gasteiger charge is -2.17. The van der Waals surface area contributed by atoms with Crippen LogP contribution in [0.15, 0.2) is 12.4 Å². The van der Waals surface area contributed by atoms with E-state index < -0.39 is 18.0 Å². The number of aryl methyl sites for hydroxylation is 1. The number of carbonyl (C=O) groups excluding carboxylic acids is 1. The SMILES string of the molecule is CCC(C(=O)OC)C(O)c1cnn(C)c1. The Bertz CT molecular complexity index is 335. The van der Waals surface area contributed by atoms with Gasteiger partial charge in [-0.25, -0.2) is 0 Å². The summed E-state index contributed by atoms with van der Waals surface area (Å²) in [5, 5.41) is 13.9. The molecular formula is C10H16N2O3. The fourth-order valence-corrected chi connectivity index (χ4v) is 1.50. The zero-order valence-corrected chi connectivity index (χ0v) is 9.17. The molecule has 1 N–H and O–H groups in total. The highest BCUT2D eigenvalue weighted by atomic mass is 16.5. The molecule has 5 heteroatoms. The van der Waals surface area contributed by atoms with Crippen molar-refractivity contribution in [3.05, 3.63) is 18.0 Å². The third-order valence-corrected chi connectivity index (χ3v) is 2.39. The molecule has 1 aromatic rings. The van der Waals surface area contributed by atoms with Crippen LogP contribution < -0.4 is 0 Å². The highest BCUT2D eigenvalue weighted by molar-refractivity contribution is 5.73. The van der Waals surface area contributed by atoms with E-state index in [-0.39, 0.29) is 0 Å². The first kappa shape index (κ1) is 11.7. The summed E-state index contributed by atoms with van der Waals surface area (Å²) in [7, 11) is 3.08. The first-order valence-electron chi connectivity index (χ1n) is 4.84. The van der Waals surface area contributed by atoms with Crippen LogP contribution >= 0.6 is 0 Å². The molecule has 0 aliphatic carbocycles. The number of hydrogen-bond donors (Lipinski definition) is 1. The van der Waals surface area contributed by atoms with Gasteiger partial charge in [0.05, 0.1) is 25.3 Å². The van der Waals surface area contributed by atoms with Crippen molar-refractivity contribution in [3.8, 4) is 0 Å². The number of aliphatic hydroxyl groups excluding tert-OH is 1. The van der Waals surface area contributed by atoms with Gasteiger partial charge >= 0.3 is 5.97 Å². The molecule has 15 heavy (non-hydrogen) atoms. The fraction of sp³-hybridized carbons (Fsp3) is 0.600. The van der Waals surface area contributed by atoms with E-state index in [1.807, 2.05) is 6.92 Å². The molecule has 5 nitrogen and oxygen atoms in total. The van der Waals surface area contributed by atoms with Gasteiger partial charge in [0.2, 0.25) is 0 Å². The van der Waals surface area contributed by atoms with Gasteiger partial charge in [-0.15, -0.1) is 0 Å². The Morgan fingerprint density at radius 3 is 2.80 bits per heavy atom. The molecule has 0 aliphatic rings. The summed E-state index contributed by atoms with van der Waals surface area (Å²) in [5.74, 6) is -0.923. The molecule has 0 amide bonds. The van der Waals surface area contributed by atoms with Crippen LogP contribution in [-0.4, -0.2) is 28.0 Å². The first-order valence-corrected chi connectivity index (χ1v) is 4.84. The number of nitrogens with zero attached hydrogens (tertiary/aromatic N) is 2. The average molecular weight is 212 g/mol. The van der Waals surface area contributed by atoms with Gasteiger partial charge in [-0.2, -0.15) is 5.10 Å². The van der Waals surface area contributed by atoms with Gasteiger partial charge in [0, 0.05) is 18.8 Å². The molecule has 2 atom stereocenters. The topological polar surface area (TPSA) is 64.3 Å². The zero-order chi connectivity index (χ0) is 11.4. The Morgan fingerprint density at radius 2 is 2.40 bits per heavy atom. The normalized spacial score (nSPS) is 14.7. The molecule has 0 saturated carbocycles. The van der Waals surface area contributed by atoms with Crippen LogP contribution in [0.5, 0.6) is 0 Å². The predicted molar refractivity (Wildman–Crippen MR) is 54.0 cm³/mol. The van der Waals surface area contributed by atoms with Gasteiger partial charge in [-0.1, -0.05) is 6.92 Å². The monoisotopic (exact) mass is 212 g/mol. The summed E-state index contributed by atoms with van der Waals surface area (Å²) >= 11 is 0. The van der Waals surface area contributed by atoms with E-state index in [9.17, 15) is 9.90 Å². The summed E-state index contributed by atoms with van der Waals surface area (Å²) in [6.07, 6.45) is 2.92. The summed E-state index contributed by atoms with van der Waals surface area (Å²) < 4.78 is 6.21. The molecule has 2 unspecified atom stereocenters. The molecule has 84 valence electrons. The maximum absolute atomic E-state index is 11.4. The van der Waals surface area contributed by atoms with Crippen molar-refractivity contribution in [2.45, 2.75) is 19.4 Å². The Labute approximate surface area is 88.7 Å². The second kappa shape index (κ2) is 4.93. The number of ether oxygens (including phenoxy) is 1. The van der Waals surface area contributed by atoms with Gasteiger partial charge in [-0.05, 0) is 6.42 Å². The zero-order valence-electron chi connectivity index (χ0n) is 9.17. The second-order valence-electron chi connectivity index (χ2n) is 3.43. The summed E-state index contributed by atoms with van der Waals surface area (Å²) in [5.41, 5.74) is 0.634. The molecule has 1 rings (SSSR count). The Morgan fingerprint density at radius 1 is 1.73 bits per heavy atom. The van der Waals surface area contributed by atoms with Crippen molar-refractivity contribution in [1.29, 1.82) is 0 Å². The number of methoxy groups -OCH3 is 1. The quantitative estimate of drug-likeness (QED) is 0.744. The van der Waals surface area contributed by atoms with Gasteiger partial charge in [0.15, 0.2) is 0 Å². The minimum atomic E-state index is -0.851. The third-order valence-electron chi connectivity index (χ3n) is 2.39. The van der Waals surface area contributed by atoms with E-state index in [0.717, 1.165) is 0 Å². The third kappa shape index (κ3) is 2.56. The van der Waals surface area contributed by atoms with Crippen molar-refractivity contribution in [2.24, 2.45) is 13.0 Å². The molecule has 0 saturated heterocycles. The lowest BCUT2D eigenvalue weighted by molar-refractivity contribution is -0.149. The lowest BCUT2D eigenvalue weighted by atomic mass is 9.95. The highest BCUT2D eigenvalue weighted by Crippen LogP contribution is 2.24. The van der Waals surface area contributed by atoms with E-state index >= 15 is 0 Å². The maximum Gasteiger partial charge on any atom is 0.311 e. The average Bonchev–Trinajstić information content (AvgIpc) is 2.65. The predicted octanol–water partition coefficient (Wildman–Crippen LogP) is 0.653. The maximum atomic E-state index is 11.4. The second-order valence-corrected chi connectivity index (χ2v) is 3.43. The number of rotatable bonds is 4. The summed E-state index contributed by atoms with van der Waals surface area (Å²) in [4.78, 5) is 11.4. The first-order chi connectivity index (χ1) is 7.10. The van der Waals surface area contributed by atoms with Crippen LogP contribution in [-0.2, 0) is 16.6 Å². The summed E-state index contributed by atoms with van der Waals surface area (Å²) in [6, 6.07) is 0. The Kier molecular flexibility index (Phi) is 3.85. The minimum absolute atomic E-state index is 0.395. The lowest BCUT2D eigenvalue weighted by Crippen LogP contribution is -2.22. The van der Waals surface area contributed by atoms with Crippen LogP contribution in [0.1, 0.15) is 25.0 Å². The van der Waals surface area contributed by atoms with Crippen molar-refractivity contribution in [1.82, 2.24) is 9.78 Å². The molecule has 1 aromatic heterocycles. The highest BCUT2D eigenvalue weighted by Gasteiger charge is 2.27. The number of hydrogen-bond acceptors (Lipinski definition) is 4. The Balaban J connectivity index is 2.81. The van der Waals surface area contributed by atoms with Crippen LogP contribution in [0.25, 0.3) is 0 Å². The van der Waals surface area contributed by atoms with Crippen molar-refractivity contribution in [3.63, 3.8) is 0 Å². The van der Waals surface area contributed by atoms with E-state index in [4.69, 9.17) is 0 Å². The van der Waals surface area contributed by atoms with E-state index in [2.05, 4.69) is 9.84 Å². The minimum Gasteiger partial charge on any atom is -0.469 e. The molecule has 0 aliphatic heterocycles. The molecule has 0 spiro atoms. The van der Waals surface area contributed by atoms with Gasteiger partial charge in [0.1, 0.15) is 0 Å². The summed E-state index contributed by atoms with van der Waals surface area (Å²) in [6.45, 7) is 1.83. The number of aliphatic hydroxyl groups is 1. The molecule has 1 heterocycles. The van der Waals surface area contributed by atoms with Crippen LogP contribution in [0.4, 0.5) is 0 Å². The van der Waals surface area contributed by atoms with Crippen LogP contribution in [0.2, 0.25) is 0 Å². The fourth-order valence-electron chi connectivity index (χ4n) is 1.50. The molecule has 0 radical (unpaired) electrons. The number of esters is 1. The Hall–Kier alpha value is -1.36. The van der Waals surface area contributed by atoms with Gasteiger partial charge in [0.25, 0.3) is 0 Å². The molecular weight excluding hydrogens is 196 g/mol. The van der Waals surface area contributed by atoms with E-state index in [1.165, 1.54) is 7.11 Å². The van der Waals surface area contributed by atoms with Crippen molar-refractivity contribution >= 4 is 5.97 Å². The van der Waals surface area contributed by atoms with Gasteiger partial charge in [-0.3, -0.25) is 9.48 Å².